The Hall–Kier alpha value is -1.79. The first-order chi connectivity index (χ1) is 11.5. The van der Waals surface area contributed by atoms with Gasteiger partial charge in [0.15, 0.2) is 0 Å². The van der Waals surface area contributed by atoms with E-state index in [2.05, 4.69) is 5.32 Å². The molecule has 24 heavy (non-hydrogen) atoms. The molecule has 0 radical (unpaired) electrons. The molecule has 0 aliphatic heterocycles. The number of rotatable bonds is 9. The number of amides is 2. The lowest BCUT2D eigenvalue weighted by Crippen LogP contribution is -2.43. The van der Waals surface area contributed by atoms with E-state index < -0.39 is 0 Å². The van der Waals surface area contributed by atoms with Crippen molar-refractivity contribution in [1.82, 2.24) is 15.1 Å². The predicted molar refractivity (Wildman–Crippen MR) is 93.2 cm³/mol. The lowest BCUT2D eigenvalue weighted by molar-refractivity contribution is -0.135. The summed E-state index contributed by atoms with van der Waals surface area (Å²) >= 11 is 6.02. The van der Waals surface area contributed by atoms with Crippen molar-refractivity contribution < 1.29 is 14.3 Å². The van der Waals surface area contributed by atoms with E-state index in [9.17, 15) is 9.59 Å². The highest BCUT2D eigenvalue weighted by Crippen LogP contribution is 2.22. The maximum absolute atomic E-state index is 12.1. The van der Waals surface area contributed by atoms with E-state index in [1.165, 1.54) is 4.90 Å². The topological polar surface area (TPSA) is 61.9 Å². The van der Waals surface area contributed by atoms with Crippen LogP contribution >= 0.6 is 11.6 Å². The highest BCUT2D eigenvalue weighted by Gasteiger charge is 2.24. The molecule has 1 aliphatic rings. The first kappa shape index (κ1) is 18.5. The maximum atomic E-state index is 12.1. The fourth-order valence-electron chi connectivity index (χ4n) is 2.11. The molecule has 0 heterocycles. The smallest absolute Gasteiger partial charge is 0.239 e. The molecule has 0 atom stereocenters. The van der Waals surface area contributed by atoms with Crippen LogP contribution < -0.4 is 10.1 Å². The molecule has 0 saturated heterocycles. The third-order valence-electron chi connectivity index (χ3n) is 3.72. The van der Waals surface area contributed by atoms with Gasteiger partial charge in [0.2, 0.25) is 11.8 Å². The Morgan fingerprint density at radius 1 is 1.25 bits per heavy atom. The molecule has 7 heteroatoms. The Bertz CT molecular complexity index is 578. The number of carbonyl (C=O) groups excluding carboxylic acids is 2. The molecular formula is C17H24ClN3O3. The number of hydrogen-bond acceptors (Lipinski definition) is 4. The molecule has 1 aromatic rings. The highest BCUT2D eigenvalue weighted by molar-refractivity contribution is 6.32. The number of nitrogens with one attached hydrogen (secondary N) is 1. The average Bonchev–Trinajstić information content (AvgIpc) is 3.32. The van der Waals surface area contributed by atoms with Crippen LogP contribution in [0.2, 0.25) is 5.02 Å². The summed E-state index contributed by atoms with van der Waals surface area (Å²) in [4.78, 5) is 27.1. The molecular weight excluding hydrogens is 330 g/mol. The molecule has 1 aromatic carbocycles. The van der Waals surface area contributed by atoms with Gasteiger partial charge < -0.3 is 15.0 Å². The van der Waals surface area contributed by atoms with Gasteiger partial charge in [0, 0.05) is 19.6 Å². The monoisotopic (exact) mass is 353 g/mol. The van der Waals surface area contributed by atoms with Crippen LogP contribution in [0.3, 0.4) is 0 Å². The molecule has 0 bridgehead atoms. The van der Waals surface area contributed by atoms with E-state index in [-0.39, 0.29) is 24.9 Å². The van der Waals surface area contributed by atoms with Crippen molar-refractivity contribution in [2.45, 2.75) is 18.9 Å². The normalized spacial score (nSPS) is 13.7. The second-order valence-corrected chi connectivity index (χ2v) is 6.52. The first-order valence-electron chi connectivity index (χ1n) is 8.05. The minimum absolute atomic E-state index is 0.0961. The molecule has 1 aliphatic carbocycles. The molecule has 132 valence electrons. The zero-order valence-electron chi connectivity index (χ0n) is 14.1. The fourth-order valence-corrected chi connectivity index (χ4v) is 2.30. The highest BCUT2D eigenvalue weighted by atomic mass is 35.5. The van der Waals surface area contributed by atoms with Gasteiger partial charge in [-0.2, -0.15) is 0 Å². The van der Waals surface area contributed by atoms with Crippen molar-refractivity contribution >= 4 is 23.4 Å². The van der Waals surface area contributed by atoms with Crippen LogP contribution in [-0.4, -0.2) is 68.0 Å². The molecule has 2 amide bonds. The number of likely N-dealkylation sites (N-methyl/N-ethyl adjacent to an activating group) is 2. The van der Waals surface area contributed by atoms with Gasteiger partial charge in [0.05, 0.1) is 18.1 Å². The first-order valence-corrected chi connectivity index (χ1v) is 8.42. The Morgan fingerprint density at radius 3 is 2.62 bits per heavy atom. The molecule has 0 unspecified atom stereocenters. The summed E-state index contributed by atoms with van der Waals surface area (Å²) in [5.74, 6) is 0.437. The maximum Gasteiger partial charge on any atom is 0.239 e. The van der Waals surface area contributed by atoms with Crippen LogP contribution in [0.15, 0.2) is 24.3 Å². The second kappa shape index (κ2) is 8.89. The Labute approximate surface area is 147 Å². The van der Waals surface area contributed by atoms with Gasteiger partial charge in [-0.25, -0.2) is 0 Å². The van der Waals surface area contributed by atoms with Gasteiger partial charge in [-0.05, 0) is 32.0 Å². The van der Waals surface area contributed by atoms with Crippen LogP contribution in [0.4, 0.5) is 0 Å². The lowest BCUT2D eigenvalue weighted by atomic mass is 10.3. The van der Waals surface area contributed by atoms with Crippen molar-refractivity contribution in [3.05, 3.63) is 29.3 Å². The number of carbonyl (C=O) groups is 2. The Kier molecular flexibility index (Phi) is 6.87. The van der Waals surface area contributed by atoms with Gasteiger partial charge in [-0.15, -0.1) is 0 Å². The number of halogens is 1. The minimum atomic E-state index is -0.0990. The largest absolute Gasteiger partial charge is 0.491 e. The van der Waals surface area contributed by atoms with Gasteiger partial charge in [0.25, 0.3) is 0 Å². The zero-order chi connectivity index (χ0) is 17.5. The quantitative estimate of drug-likeness (QED) is 0.728. The van der Waals surface area contributed by atoms with E-state index in [0.717, 1.165) is 12.8 Å². The van der Waals surface area contributed by atoms with Crippen molar-refractivity contribution in [3.8, 4) is 5.75 Å². The molecule has 1 saturated carbocycles. The average molecular weight is 354 g/mol. The van der Waals surface area contributed by atoms with Crippen molar-refractivity contribution in [1.29, 1.82) is 0 Å². The predicted octanol–water partition coefficient (Wildman–Crippen LogP) is 1.39. The summed E-state index contributed by atoms with van der Waals surface area (Å²) in [7, 11) is 3.48. The van der Waals surface area contributed by atoms with Crippen molar-refractivity contribution in [3.63, 3.8) is 0 Å². The van der Waals surface area contributed by atoms with Gasteiger partial charge in [-0.1, -0.05) is 23.7 Å². The van der Waals surface area contributed by atoms with E-state index in [1.807, 2.05) is 24.1 Å². The summed E-state index contributed by atoms with van der Waals surface area (Å²) < 4.78 is 5.60. The molecule has 0 aromatic heterocycles. The molecule has 0 spiro atoms. The zero-order valence-corrected chi connectivity index (χ0v) is 14.9. The summed E-state index contributed by atoms with van der Waals surface area (Å²) in [6.45, 7) is 1.34. The molecule has 1 N–H and O–H groups in total. The van der Waals surface area contributed by atoms with Crippen molar-refractivity contribution in [2.75, 3.05) is 40.3 Å². The summed E-state index contributed by atoms with van der Waals surface area (Å²) in [6, 6.07) is 7.59. The standard InChI is InChI=1S/C17H24ClN3O3/c1-20(9-10-24-15-6-4-3-5-14(15)18)12-17(23)21(2)11-16(22)19-13-7-8-13/h3-6,13H,7-12H2,1-2H3,(H,19,22). The second-order valence-electron chi connectivity index (χ2n) is 6.11. The summed E-state index contributed by atoms with van der Waals surface area (Å²) in [5.41, 5.74) is 0. The van der Waals surface area contributed by atoms with E-state index >= 15 is 0 Å². The van der Waals surface area contributed by atoms with E-state index in [0.29, 0.717) is 30.0 Å². The number of para-hydroxylation sites is 1. The van der Waals surface area contributed by atoms with E-state index in [4.69, 9.17) is 16.3 Å². The Morgan fingerprint density at radius 2 is 1.96 bits per heavy atom. The number of hydrogen-bond donors (Lipinski definition) is 1. The van der Waals surface area contributed by atoms with Crippen LogP contribution in [0.5, 0.6) is 5.75 Å². The van der Waals surface area contributed by atoms with Gasteiger partial charge >= 0.3 is 0 Å². The van der Waals surface area contributed by atoms with Crippen LogP contribution in [-0.2, 0) is 9.59 Å². The number of nitrogens with zero attached hydrogens (tertiary/aromatic N) is 2. The SMILES string of the molecule is CN(CCOc1ccccc1Cl)CC(=O)N(C)CC(=O)NC1CC1. The van der Waals surface area contributed by atoms with Crippen molar-refractivity contribution in [2.24, 2.45) is 0 Å². The molecule has 6 nitrogen and oxygen atoms in total. The lowest BCUT2D eigenvalue weighted by Gasteiger charge is -2.21. The Balaban J connectivity index is 1.65. The number of ether oxygens (including phenoxy) is 1. The summed E-state index contributed by atoms with van der Waals surface area (Å²) in [5, 5.41) is 3.44. The van der Waals surface area contributed by atoms with Gasteiger partial charge in [-0.3, -0.25) is 14.5 Å². The fraction of sp³-hybridized carbons (Fsp3) is 0.529. The van der Waals surface area contributed by atoms with Gasteiger partial charge in [0.1, 0.15) is 12.4 Å². The minimum Gasteiger partial charge on any atom is -0.491 e. The third-order valence-corrected chi connectivity index (χ3v) is 4.03. The third kappa shape index (κ3) is 6.37. The number of benzene rings is 1. The molecule has 2 rings (SSSR count). The van der Waals surface area contributed by atoms with Crippen LogP contribution in [0, 0.1) is 0 Å². The summed E-state index contributed by atoms with van der Waals surface area (Å²) in [6.07, 6.45) is 2.08. The molecule has 1 fully saturated rings. The van der Waals surface area contributed by atoms with Crippen LogP contribution in [0.25, 0.3) is 0 Å². The van der Waals surface area contributed by atoms with E-state index in [1.54, 1.807) is 19.2 Å². The van der Waals surface area contributed by atoms with Crippen LogP contribution in [0.1, 0.15) is 12.8 Å².